The molecule has 0 rings (SSSR count). The van der Waals surface area contributed by atoms with Gasteiger partial charge >= 0.3 is 382 Å². The molecule has 0 aromatic rings. The van der Waals surface area contributed by atoms with Gasteiger partial charge in [0, 0.05) is 0 Å². The van der Waals surface area contributed by atoms with Gasteiger partial charge in [-0.15, -0.1) is 0 Å². The van der Waals surface area contributed by atoms with Crippen LogP contribution in [0.5, 0.6) is 0 Å². The van der Waals surface area contributed by atoms with Gasteiger partial charge in [-0.25, -0.2) is 0 Å². The zero-order valence-corrected chi connectivity index (χ0v) is 40.9. The van der Waals surface area contributed by atoms with Crippen LogP contribution in [-0.4, -0.2) is 196 Å². The van der Waals surface area contributed by atoms with E-state index in [2.05, 4.69) is 0 Å². The van der Waals surface area contributed by atoms with E-state index in [4.69, 9.17) is 79.6 Å². The molecule has 0 aliphatic heterocycles. The molecule has 35 heavy (non-hydrogen) atoms. The Morgan fingerprint density at radius 1 is 0.229 bits per heavy atom. The van der Waals surface area contributed by atoms with Crippen LogP contribution in [0.4, 0.5) is 0 Å². The summed E-state index contributed by atoms with van der Waals surface area (Å²) in [6.07, 6.45) is 0. The third-order valence-electron chi connectivity index (χ3n) is 0. The third-order valence-corrected chi connectivity index (χ3v) is 0. The van der Waals surface area contributed by atoms with Crippen molar-refractivity contribution in [3.63, 3.8) is 0 Å². The summed E-state index contributed by atoms with van der Waals surface area (Å²) in [4.78, 5) is 0. The van der Waals surface area contributed by atoms with E-state index in [0.29, 0.717) is 0 Å². The average Bonchev–Trinajstić information content (AvgIpc) is 2.61. The van der Waals surface area contributed by atoms with Crippen molar-refractivity contribution in [1.29, 1.82) is 0 Å². The van der Waals surface area contributed by atoms with Gasteiger partial charge in [-0.1, -0.05) is 0 Å². The minimum atomic E-state index is -1.50. The van der Waals surface area contributed by atoms with Crippen molar-refractivity contribution in [3.05, 3.63) is 0 Å². The fraction of sp³-hybridized carbons (Fsp3) is 0. The molecule has 170 valence electrons. The molecule has 0 aliphatic carbocycles. The van der Waals surface area contributed by atoms with Crippen LogP contribution in [0.1, 0.15) is 7.13 Å². The van der Waals surface area contributed by atoms with E-state index in [9.17, 15) is 0 Å². The van der Waals surface area contributed by atoms with Crippen molar-refractivity contribution < 1.29 is 235 Å². The van der Waals surface area contributed by atoms with Crippen LogP contribution in [0.3, 0.4) is 0 Å². The van der Waals surface area contributed by atoms with Gasteiger partial charge < -0.3 is 7.13 Å². The van der Waals surface area contributed by atoms with Gasteiger partial charge in [-0.05, 0) is 0 Å². The molecule has 0 bridgehead atoms. The Labute approximate surface area is 381 Å². The van der Waals surface area contributed by atoms with E-state index in [1.54, 1.807) is 0 Å². The van der Waals surface area contributed by atoms with Crippen LogP contribution in [0.15, 0.2) is 0 Å². The van der Waals surface area contributed by atoms with Crippen LogP contribution >= 0.6 is 0 Å². The Bertz CT molecular complexity index is 245. The average molecular weight is 720 g/mol. The maximum absolute atomic E-state index is 8.57. The summed E-state index contributed by atoms with van der Waals surface area (Å²) >= 11 is -15.0. The molecule has 0 unspecified atom stereocenters. The SMILES string of the molecule is [H-].[H-].[H-].[H-].[H-].[Na+].[Na+].[Na+].[Na+].[Na+].[O]=[Al][OH].[O]=[Al][OH].[O]=[Al][OH].[O]=[Al][OH].[O]=[Al][OH].[O]=[Al][OH].[O]=[Al][OH].[O]=[Al][OH].[O]=[Al][OH].[O]=[Al][OH]. The summed E-state index contributed by atoms with van der Waals surface area (Å²) in [5, 5.41) is 0. The Hall–Kier alpha value is 6.32. The normalized spacial score (nSPS) is 2.29. The monoisotopic (exact) mass is 720 g/mol. The second kappa shape index (κ2) is 234. The molecule has 0 heterocycles. The van der Waals surface area contributed by atoms with Crippen molar-refractivity contribution in [3.8, 4) is 0 Å². The minimum absolute atomic E-state index is 0. The molecule has 0 saturated heterocycles. The fourth-order valence-electron chi connectivity index (χ4n) is 0. The predicted octanol–water partition coefficient (Wildman–Crippen LogP) is -25.0. The molecule has 0 fully saturated rings. The molecule has 10 N–H and O–H groups in total. The van der Waals surface area contributed by atoms with E-state index in [1.165, 1.54) is 0 Å². The van der Waals surface area contributed by atoms with Crippen molar-refractivity contribution in [1.82, 2.24) is 0 Å². The molecule has 0 amide bonds. The first-order valence-corrected chi connectivity index (χ1v) is 14.8. The first-order valence-electron chi connectivity index (χ1n) is 4.94. The van der Waals surface area contributed by atoms with E-state index in [1.807, 2.05) is 0 Å². The second-order valence-electron chi connectivity index (χ2n) is 1.05. The molecule has 0 spiro atoms. The van der Waals surface area contributed by atoms with Crippen LogP contribution in [0.2, 0.25) is 0 Å². The molecule has 0 saturated carbocycles. The van der Waals surface area contributed by atoms with E-state index < -0.39 is 155 Å². The summed E-state index contributed by atoms with van der Waals surface area (Å²) < 4.78 is 157. The van der Waals surface area contributed by atoms with Gasteiger partial charge in [0.15, 0.2) is 0 Å². The van der Waals surface area contributed by atoms with Crippen molar-refractivity contribution in [2.45, 2.75) is 0 Å². The summed E-state index contributed by atoms with van der Waals surface area (Å²) in [6, 6.07) is 0. The topological polar surface area (TPSA) is 373 Å². The fourth-order valence-corrected chi connectivity index (χ4v) is 0. The van der Waals surface area contributed by atoms with E-state index >= 15 is 0 Å². The van der Waals surface area contributed by atoms with Gasteiger partial charge in [0.2, 0.25) is 0 Å². The molecule has 35 heteroatoms. The zero-order valence-electron chi connectivity index (χ0n) is 24.3. The molecule has 20 nitrogen and oxygen atoms in total. The summed E-state index contributed by atoms with van der Waals surface area (Å²) in [5.41, 5.74) is 0. The van der Waals surface area contributed by atoms with Gasteiger partial charge in [0.1, 0.15) is 0 Å². The Morgan fingerprint density at radius 2 is 0.229 bits per heavy atom. The standard InChI is InChI=1S/10Al.5Na.10H2O.10O.5H/h;;;;;;;;;;;;;;;10*1H2;;;;;;;;;;;;;;;/q15*+1;;;;;;;;;;;;;;;;;;;;;5*-1/p-10. The Kier molecular flexibility index (Phi) is 648. The first kappa shape index (κ1) is 97.0. The second-order valence-corrected chi connectivity index (χ2v) is 3.16. The van der Waals surface area contributed by atoms with Gasteiger partial charge in [-0.2, -0.15) is 0 Å². The summed E-state index contributed by atoms with van der Waals surface area (Å²) in [6.45, 7) is 0. The van der Waals surface area contributed by atoms with Crippen molar-refractivity contribution in [2.24, 2.45) is 0 Å². The quantitative estimate of drug-likeness (QED) is 0.104. The summed E-state index contributed by atoms with van der Waals surface area (Å²) in [7, 11) is 0. The maximum atomic E-state index is 8.57. The molecular formula is H15Al10Na5O20. The molecule has 0 aliphatic rings. The van der Waals surface area contributed by atoms with Gasteiger partial charge in [-0.3, -0.25) is 0 Å². The predicted molar refractivity (Wildman–Crippen MR) is 92.2 cm³/mol. The number of hydrogen-bond donors (Lipinski definition) is 10. The number of rotatable bonds is 0. The van der Waals surface area contributed by atoms with Gasteiger partial charge in [0.25, 0.3) is 0 Å². The Balaban J connectivity index is -0.00000000601. The molecular weight excluding hydrogens is 705 g/mol. The van der Waals surface area contributed by atoms with Crippen LogP contribution < -0.4 is 148 Å². The molecule has 0 aromatic carbocycles. The van der Waals surface area contributed by atoms with E-state index in [0.717, 1.165) is 0 Å². The van der Waals surface area contributed by atoms with Crippen LogP contribution in [0.25, 0.3) is 0 Å². The number of hydrogen-bond acceptors (Lipinski definition) is 10. The molecule has 0 radical (unpaired) electrons. The van der Waals surface area contributed by atoms with E-state index in [-0.39, 0.29) is 155 Å². The van der Waals surface area contributed by atoms with Gasteiger partial charge in [0.05, 0.1) is 0 Å². The summed E-state index contributed by atoms with van der Waals surface area (Å²) in [5.74, 6) is 0. The Morgan fingerprint density at radius 3 is 0.229 bits per heavy atom. The van der Waals surface area contributed by atoms with Crippen LogP contribution in [0, 0.1) is 0 Å². The molecule has 0 aromatic heterocycles. The van der Waals surface area contributed by atoms with Crippen LogP contribution in [-0.2, 0) is 38.0 Å². The van der Waals surface area contributed by atoms with Crippen molar-refractivity contribution >= 4 is 155 Å². The van der Waals surface area contributed by atoms with Crippen molar-refractivity contribution in [2.75, 3.05) is 0 Å². The first-order chi connectivity index (χ1) is 14.1. The zero-order chi connectivity index (χ0) is 27.1. The molecule has 0 atom stereocenters. The third kappa shape index (κ3) is 1480.